The zero-order chi connectivity index (χ0) is 14.9. The van der Waals surface area contributed by atoms with E-state index in [9.17, 15) is 25.3 Å². The van der Waals surface area contributed by atoms with E-state index in [0.29, 0.717) is 5.16 Å². The van der Waals surface area contributed by atoms with Crippen LogP contribution in [0.15, 0.2) is 22.2 Å². The third-order valence-electron chi connectivity index (χ3n) is 2.23. The van der Waals surface area contributed by atoms with Gasteiger partial charge >= 0.3 is 11.4 Å². The molecule has 0 spiro atoms. The average molecular weight is 298 g/mol. The normalized spacial score (nSPS) is 10.4. The molecule has 2 aromatic rings. The van der Waals surface area contributed by atoms with Crippen LogP contribution >= 0.6 is 11.8 Å². The Balaban J connectivity index is 2.51. The molecule has 11 nitrogen and oxygen atoms in total. The Kier molecular flexibility index (Phi) is 3.47. The minimum atomic E-state index is -0.986. The summed E-state index contributed by atoms with van der Waals surface area (Å²) in [5.74, 6) is -0.986. The van der Waals surface area contributed by atoms with Crippen molar-refractivity contribution in [3.8, 4) is 5.75 Å². The summed E-state index contributed by atoms with van der Waals surface area (Å²) in [5, 5.41) is 41.9. The summed E-state index contributed by atoms with van der Waals surface area (Å²) in [5.41, 5.74) is -1.51. The molecule has 0 aliphatic heterocycles. The van der Waals surface area contributed by atoms with Crippen molar-refractivity contribution in [2.45, 2.75) is 10.1 Å². The van der Waals surface area contributed by atoms with E-state index in [1.54, 1.807) is 7.05 Å². The van der Waals surface area contributed by atoms with Crippen LogP contribution in [0.1, 0.15) is 0 Å². The van der Waals surface area contributed by atoms with Crippen molar-refractivity contribution in [2.75, 3.05) is 0 Å². The number of phenols is 1. The molecule has 1 heterocycles. The molecule has 0 aliphatic rings. The zero-order valence-electron chi connectivity index (χ0n) is 9.83. The van der Waals surface area contributed by atoms with Crippen LogP contribution in [0.25, 0.3) is 0 Å². The van der Waals surface area contributed by atoms with Gasteiger partial charge in [-0.25, -0.2) is 4.68 Å². The smallest absolute Gasteiger partial charge is 0.319 e. The van der Waals surface area contributed by atoms with Crippen molar-refractivity contribution in [1.82, 2.24) is 20.2 Å². The summed E-state index contributed by atoms with van der Waals surface area (Å²) in [6.07, 6.45) is 0. The largest absolute Gasteiger partial charge is 0.497 e. The third kappa shape index (κ3) is 2.49. The highest BCUT2D eigenvalue weighted by molar-refractivity contribution is 7.99. The third-order valence-corrected chi connectivity index (χ3v) is 3.23. The summed E-state index contributed by atoms with van der Waals surface area (Å²) < 4.78 is 1.30. The van der Waals surface area contributed by atoms with E-state index in [2.05, 4.69) is 15.5 Å². The van der Waals surface area contributed by atoms with E-state index in [-0.39, 0.29) is 4.90 Å². The molecule has 1 aromatic carbocycles. The number of aromatic nitrogens is 4. The fourth-order valence-corrected chi connectivity index (χ4v) is 2.13. The Morgan fingerprint density at radius 3 is 2.20 bits per heavy atom. The first kappa shape index (κ1) is 13.7. The number of nitro benzene ring substituents is 2. The number of nitro groups is 2. The Labute approximate surface area is 114 Å². The lowest BCUT2D eigenvalue weighted by atomic mass is 10.2. The van der Waals surface area contributed by atoms with Gasteiger partial charge < -0.3 is 5.11 Å². The number of hydrogen-bond acceptors (Lipinski definition) is 9. The molecule has 20 heavy (non-hydrogen) atoms. The highest BCUT2D eigenvalue weighted by Crippen LogP contribution is 2.40. The molecule has 0 atom stereocenters. The van der Waals surface area contributed by atoms with E-state index >= 15 is 0 Å². The first-order valence-electron chi connectivity index (χ1n) is 4.96. The van der Waals surface area contributed by atoms with Crippen molar-refractivity contribution in [2.24, 2.45) is 7.05 Å². The van der Waals surface area contributed by atoms with Crippen LogP contribution in [-0.2, 0) is 7.05 Å². The lowest BCUT2D eigenvalue weighted by Gasteiger charge is -2.02. The summed E-state index contributed by atoms with van der Waals surface area (Å²) in [7, 11) is 1.55. The van der Waals surface area contributed by atoms with Gasteiger partial charge in [-0.05, 0) is 22.2 Å². The molecule has 0 aliphatic carbocycles. The molecule has 0 radical (unpaired) electrons. The van der Waals surface area contributed by atoms with E-state index in [4.69, 9.17) is 0 Å². The van der Waals surface area contributed by atoms with E-state index in [0.717, 1.165) is 23.9 Å². The molecule has 12 heteroatoms. The number of benzene rings is 1. The lowest BCUT2D eigenvalue weighted by molar-refractivity contribution is -0.396. The van der Waals surface area contributed by atoms with Crippen LogP contribution in [0.3, 0.4) is 0 Å². The molecule has 0 saturated carbocycles. The minimum absolute atomic E-state index is 0.166. The molecule has 1 N–H and O–H groups in total. The van der Waals surface area contributed by atoms with Crippen molar-refractivity contribution >= 4 is 23.1 Å². The summed E-state index contributed by atoms with van der Waals surface area (Å²) in [4.78, 5) is 19.9. The molecule has 104 valence electrons. The number of aromatic hydroxyl groups is 1. The summed E-state index contributed by atoms with van der Waals surface area (Å²) in [6.45, 7) is 0. The van der Waals surface area contributed by atoms with Crippen LogP contribution in [-0.4, -0.2) is 35.2 Å². The maximum absolute atomic E-state index is 10.8. The molecule has 0 bridgehead atoms. The van der Waals surface area contributed by atoms with E-state index in [1.807, 2.05) is 0 Å². The quantitative estimate of drug-likeness (QED) is 0.640. The molecular weight excluding hydrogens is 292 g/mol. The van der Waals surface area contributed by atoms with E-state index < -0.39 is 27.0 Å². The van der Waals surface area contributed by atoms with Crippen LogP contribution in [0.2, 0.25) is 0 Å². The Bertz CT molecular complexity index is 665. The van der Waals surface area contributed by atoms with Gasteiger partial charge in [0.2, 0.25) is 5.16 Å². The average Bonchev–Trinajstić information content (AvgIpc) is 2.76. The fraction of sp³-hybridized carbons (Fsp3) is 0.125. The first-order valence-corrected chi connectivity index (χ1v) is 5.77. The second-order valence-electron chi connectivity index (χ2n) is 3.51. The van der Waals surface area contributed by atoms with Gasteiger partial charge in [-0.15, -0.1) is 5.10 Å². The minimum Gasteiger partial charge on any atom is -0.497 e. The summed E-state index contributed by atoms with van der Waals surface area (Å²) >= 11 is 0.900. The predicted octanol–water partition coefficient (Wildman–Crippen LogP) is 0.883. The number of aryl methyl sites for hydroxylation is 1. The maximum Gasteiger partial charge on any atom is 0.319 e. The van der Waals surface area contributed by atoms with Crippen LogP contribution in [0.4, 0.5) is 11.4 Å². The molecule has 2 rings (SSSR count). The van der Waals surface area contributed by atoms with Gasteiger partial charge in [-0.1, -0.05) is 0 Å². The zero-order valence-corrected chi connectivity index (χ0v) is 10.6. The molecule has 0 saturated heterocycles. The van der Waals surface area contributed by atoms with Gasteiger partial charge in [0.1, 0.15) is 0 Å². The molecule has 1 aromatic heterocycles. The number of phenolic OH excluding ortho intramolecular Hbond substituents is 1. The molecular formula is C8H6N6O5S. The van der Waals surface area contributed by atoms with Gasteiger partial charge in [0.25, 0.3) is 5.75 Å². The fourth-order valence-electron chi connectivity index (χ4n) is 1.33. The van der Waals surface area contributed by atoms with E-state index in [1.165, 1.54) is 4.68 Å². The number of rotatable bonds is 4. The SMILES string of the molecule is Cn1nnnc1Sc1cc([N+](=O)[O-])c(O)c([N+](=O)[O-])c1. The van der Waals surface area contributed by atoms with Crippen molar-refractivity contribution in [1.29, 1.82) is 0 Å². The van der Waals surface area contributed by atoms with Gasteiger partial charge in [-0.2, -0.15) is 0 Å². The van der Waals surface area contributed by atoms with Crippen LogP contribution in [0, 0.1) is 20.2 Å². The van der Waals surface area contributed by atoms with Crippen molar-refractivity contribution in [3.63, 3.8) is 0 Å². The number of nitrogens with zero attached hydrogens (tertiary/aromatic N) is 6. The predicted molar refractivity (Wildman–Crippen MR) is 64.3 cm³/mol. The van der Waals surface area contributed by atoms with Crippen LogP contribution < -0.4 is 0 Å². The molecule has 0 fully saturated rings. The highest BCUT2D eigenvalue weighted by atomic mass is 32.2. The number of hydrogen-bond donors (Lipinski definition) is 1. The Hall–Kier alpha value is -2.76. The number of tetrazole rings is 1. The maximum atomic E-state index is 10.8. The van der Waals surface area contributed by atoms with Gasteiger partial charge in [0.15, 0.2) is 0 Å². The standard InChI is InChI=1S/C8H6N6O5S/c1-12-8(9-10-11-12)20-4-2-5(13(16)17)7(15)6(3-4)14(18)19/h2-3,15H,1H3. The lowest BCUT2D eigenvalue weighted by Crippen LogP contribution is -1.96. The monoisotopic (exact) mass is 298 g/mol. The second-order valence-corrected chi connectivity index (χ2v) is 4.55. The van der Waals surface area contributed by atoms with Crippen LogP contribution in [0.5, 0.6) is 5.75 Å². The van der Waals surface area contributed by atoms with Gasteiger partial charge in [-0.3, -0.25) is 20.2 Å². The van der Waals surface area contributed by atoms with Gasteiger partial charge in [0, 0.05) is 24.1 Å². The molecule has 0 unspecified atom stereocenters. The Morgan fingerprint density at radius 2 is 1.80 bits per heavy atom. The van der Waals surface area contributed by atoms with Crippen molar-refractivity contribution < 1.29 is 15.0 Å². The molecule has 0 amide bonds. The summed E-state index contributed by atoms with van der Waals surface area (Å²) in [6, 6.07) is 2.03. The topological polar surface area (TPSA) is 150 Å². The second kappa shape index (κ2) is 5.08. The van der Waals surface area contributed by atoms with Crippen molar-refractivity contribution in [3.05, 3.63) is 32.4 Å². The first-order chi connectivity index (χ1) is 9.40. The Morgan fingerprint density at radius 1 is 1.25 bits per heavy atom. The van der Waals surface area contributed by atoms with Gasteiger partial charge in [0.05, 0.1) is 9.85 Å². The highest BCUT2D eigenvalue weighted by Gasteiger charge is 2.27.